The van der Waals surface area contributed by atoms with Crippen LogP contribution in [-0.4, -0.2) is 37.7 Å². The SMILES string of the molecule is CNC(=O)NC(=O)[C@@H](C)OC(=O)COc1ccccc1C(C)(C)C. The topological polar surface area (TPSA) is 93.7 Å². The van der Waals surface area contributed by atoms with Gasteiger partial charge in [-0.05, 0) is 24.0 Å². The van der Waals surface area contributed by atoms with E-state index in [1.54, 1.807) is 6.07 Å². The van der Waals surface area contributed by atoms with Gasteiger partial charge in [0.25, 0.3) is 5.91 Å². The van der Waals surface area contributed by atoms with E-state index in [-0.39, 0.29) is 12.0 Å². The molecule has 2 N–H and O–H groups in total. The van der Waals surface area contributed by atoms with Gasteiger partial charge in [-0.3, -0.25) is 10.1 Å². The molecule has 0 saturated carbocycles. The molecular formula is C17H24N2O5. The highest BCUT2D eigenvalue weighted by Gasteiger charge is 2.22. The molecule has 1 rings (SSSR count). The molecule has 7 nitrogen and oxygen atoms in total. The molecule has 3 amide bonds. The molecule has 0 radical (unpaired) electrons. The summed E-state index contributed by atoms with van der Waals surface area (Å²) in [6.45, 7) is 7.17. The molecule has 24 heavy (non-hydrogen) atoms. The first kappa shape index (κ1) is 19.5. The van der Waals surface area contributed by atoms with Crippen LogP contribution in [0.25, 0.3) is 0 Å². The number of benzene rings is 1. The maximum atomic E-state index is 11.8. The lowest BCUT2D eigenvalue weighted by molar-refractivity contribution is -0.156. The lowest BCUT2D eigenvalue weighted by Crippen LogP contribution is -2.43. The summed E-state index contributed by atoms with van der Waals surface area (Å²) < 4.78 is 10.5. The van der Waals surface area contributed by atoms with Gasteiger partial charge in [-0.15, -0.1) is 0 Å². The first-order valence-corrected chi connectivity index (χ1v) is 7.59. The molecule has 1 atom stereocenters. The van der Waals surface area contributed by atoms with E-state index < -0.39 is 24.0 Å². The Balaban J connectivity index is 2.59. The molecule has 0 saturated heterocycles. The summed E-state index contributed by atoms with van der Waals surface area (Å²) in [7, 11) is 1.37. The van der Waals surface area contributed by atoms with Gasteiger partial charge in [0, 0.05) is 7.05 Å². The van der Waals surface area contributed by atoms with Crippen LogP contribution >= 0.6 is 0 Å². The minimum Gasteiger partial charge on any atom is -0.482 e. The monoisotopic (exact) mass is 336 g/mol. The number of hydrogen-bond acceptors (Lipinski definition) is 5. The Kier molecular flexibility index (Phi) is 6.76. The smallest absolute Gasteiger partial charge is 0.344 e. The van der Waals surface area contributed by atoms with E-state index >= 15 is 0 Å². The predicted octanol–water partition coefficient (Wildman–Crippen LogP) is 1.75. The van der Waals surface area contributed by atoms with E-state index in [4.69, 9.17) is 9.47 Å². The zero-order valence-corrected chi connectivity index (χ0v) is 14.6. The van der Waals surface area contributed by atoms with Gasteiger partial charge < -0.3 is 14.8 Å². The third-order valence-electron chi connectivity index (χ3n) is 3.18. The Morgan fingerprint density at radius 1 is 1.17 bits per heavy atom. The van der Waals surface area contributed by atoms with Gasteiger partial charge >= 0.3 is 12.0 Å². The lowest BCUT2D eigenvalue weighted by Gasteiger charge is -2.22. The molecule has 0 heterocycles. The van der Waals surface area contributed by atoms with Crippen LogP contribution in [-0.2, 0) is 19.7 Å². The molecule has 1 aromatic carbocycles. The summed E-state index contributed by atoms with van der Waals surface area (Å²) in [5.74, 6) is -0.819. The van der Waals surface area contributed by atoms with E-state index in [0.29, 0.717) is 5.75 Å². The maximum Gasteiger partial charge on any atom is 0.344 e. The van der Waals surface area contributed by atoms with Crippen molar-refractivity contribution < 1.29 is 23.9 Å². The number of rotatable bonds is 5. The third kappa shape index (κ3) is 5.91. The number of carbonyl (C=O) groups excluding carboxylic acids is 3. The number of para-hydroxylation sites is 1. The number of urea groups is 1. The lowest BCUT2D eigenvalue weighted by atomic mass is 9.86. The van der Waals surface area contributed by atoms with Crippen molar-refractivity contribution in [2.45, 2.75) is 39.2 Å². The number of carbonyl (C=O) groups is 3. The molecule has 0 fully saturated rings. The van der Waals surface area contributed by atoms with Crippen LogP contribution in [0.2, 0.25) is 0 Å². The van der Waals surface area contributed by atoms with Crippen molar-refractivity contribution in [3.63, 3.8) is 0 Å². The Hall–Kier alpha value is -2.57. The molecular weight excluding hydrogens is 312 g/mol. The Bertz CT molecular complexity index is 607. The molecule has 0 aliphatic rings. The van der Waals surface area contributed by atoms with Crippen molar-refractivity contribution in [2.75, 3.05) is 13.7 Å². The van der Waals surface area contributed by atoms with Gasteiger partial charge in [0.05, 0.1) is 0 Å². The standard InChI is InChI=1S/C17H24N2O5/c1-11(15(21)19-16(22)18-5)24-14(20)10-23-13-9-7-6-8-12(13)17(2,3)4/h6-9,11H,10H2,1-5H3,(H2,18,19,21,22)/t11-/m1/s1. The highest BCUT2D eigenvalue weighted by atomic mass is 16.6. The van der Waals surface area contributed by atoms with Gasteiger partial charge in [-0.2, -0.15) is 0 Å². The normalized spacial score (nSPS) is 12.0. The van der Waals surface area contributed by atoms with Gasteiger partial charge in [0.2, 0.25) is 0 Å². The number of amides is 3. The Morgan fingerprint density at radius 3 is 2.38 bits per heavy atom. The van der Waals surface area contributed by atoms with E-state index in [0.717, 1.165) is 5.56 Å². The highest BCUT2D eigenvalue weighted by Crippen LogP contribution is 2.30. The number of esters is 1. The van der Waals surface area contributed by atoms with Crippen LogP contribution in [0.3, 0.4) is 0 Å². The van der Waals surface area contributed by atoms with Crippen LogP contribution in [0, 0.1) is 0 Å². The van der Waals surface area contributed by atoms with E-state index in [2.05, 4.69) is 5.32 Å². The average molecular weight is 336 g/mol. The Morgan fingerprint density at radius 2 is 1.79 bits per heavy atom. The number of ether oxygens (including phenoxy) is 2. The van der Waals surface area contributed by atoms with Crippen LogP contribution in [0.1, 0.15) is 33.3 Å². The third-order valence-corrected chi connectivity index (χ3v) is 3.18. The molecule has 0 aromatic heterocycles. The second-order valence-electron chi connectivity index (χ2n) is 6.24. The van der Waals surface area contributed by atoms with E-state index in [9.17, 15) is 14.4 Å². The molecule has 0 unspecified atom stereocenters. The van der Waals surface area contributed by atoms with Gasteiger partial charge in [0.1, 0.15) is 5.75 Å². The molecule has 0 bridgehead atoms. The molecule has 0 aliphatic carbocycles. The van der Waals surface area contributed by atoms with Crippen LogP contribution < -0.4 is 15.4 Å². The summed E-state index contributed by atoms with van der Waals surface area (Å²) in [5.41, 5.74) is 0.824. The van der Waals surface area contributed by atoms with Gasteiger partial charge in [-0.25, -0.2) is 9.59 Å². The van der Waals surface area contributed by atoms with Gasteiger partial charge in [-0.1, -0.05) is 39.0 Å². The van der Waals surface area contributed by atoms with Crippen molar-refractivity contribution in [2.24, 2.45) is 0 Å². The van der Waals surface area contributed by atoms with Crippen molar-refractivity contribution in [1.29, 1.82) is 0 Å². The zero-order valence-electron chi connectivity index (χ0n) is 14.6. The van der Waals surface area contributed by atoms with Crippen LogP contribution in [0.4, 0.5) is 4.79 Å². The van der Waals surface area contributed by atoms with Gasteiger partial charge in [0.15, 0.2) is 12.7 Å². The quantitative estimate of drug-likeness (QED) is 0.799. The van der Waals surface area contributed by atoms with Crippen molar-refractivity contribution >= 4 is 17.9 Å². The largest absolute Gasteiger partial charge is 0.482 e. The summed E-state index contributed by atoms with van der Waals surface area (Å²) in [6.07, 6.45) is -1.10. The molecule has 0 aliphatic heterocycles. The summed E-state index contributed by atoms with van der Waals surface area (Å²) in [4.78, 5) is 34.5. The van der Waals surface area contributed by atoms with E-state index in [1.165, 1.54) is 14.0 Å². The summed E-state index contributed by atoms with van der Waals surface area (Å²) in [5, 5.41) is 4.27. The average Bonchev–Trinajstić information content (AvgIpc) is 2.52. The molecule has 0 spiro atoms. The summed E-state index contributed by atoms with van der Waals surface area (Å²) in [6, 6.07) is 6.75. The van der Waals surface area contributed by atoms with Crippen molar-refractivity contribution in [3.05, 3.63) is 29.8 Å². The number of nitrogens with one attached hydrogen (secondary N) is 2. The zero-order chi connectivity index (χ0) is 18.3. The Labute approximate surface area is 141 Å². The highest BCUT2D eigenvalue weighted by molar-refractivity contribution is 5.97. The second-order valence-corrected chi connectivity index (χ2v) is 6.24. The molecule has 7 heteroatoms. The first-order valence-electron chi connectivity index (χ1n) is 7.59. The number of hydrogen-bond donors (Lipinski definition) is 2. The molecule has 132 valence electrons. The fraction of sp³-hybridized carbons (Fsp3) is 0.471. The maximum absolute atomic E-state index is 11.8. The second kappa shape index (κ2) is 8.33. The fourth-order valence-corrected chi connectivity index (χ4v) is 1.91. The predicted molar refractivity (Wildman–Crippen MR) is 88.8 cm³/mol. The van der Waals surface area contributed by atoms with E-state index in [1.807, 2.05) is 44.3 Å². The van der Waals surface area contributed by atoms with Crippen LogP contribution in [0.15, 0.2) is 24.3 Å². The van der Waals surface area contributed by atoms with Crippen LogP contribution in [0.5, 0.6) is 5.75 Å². The van der Waals surface area contributed by atoms with Crippen molar-refractivity contribution in [1.82, 2.24) is 10.6 Å². The fourth-order valence-electron chi connectivity index (χ4n) is 1.91. The minimum atomic E-state index is -1.10. The number of imide groups is 1. The summed E-state index contributed by atoms with van der Waals surface area (Å²) >= 11 is 0. The van der Waals surface area contributed by atoms with Crippen molar-refractivity contribution in [3.8, 4) is 5.75 Å². The minimum absolute atomic E-state index is 0.138. The first-order chi connectivity index (χ1) is 11.1. The molecule has 1 aromatic rings.